The number of likely N-dealkylation sites (tertiary alicyclic amines) is 1. The molecular formula is C18H29N3O. The summed E-state index contributed by atoms with van der Waals surface area (Å²) in [5, 5.41) is 3.09. The molecule has 122 valence electrons. The summed E-state index contributed by atoms with van der Waals surface area (Å²) in [5.41, 5.74) is 2.42. The molecule has 0 saturated carbocycles. The van der Waals surface area contributed by atoms with E-state index in [1.807, 2.05) is 17.0 Å². The number of hydrogen-bond acceptors (Lipinski definition) is 2. The molecular weight excluding hydrogens is 274 g/mol. The quantitative estimate of drug-likeness (QED) is 0.877. The van der Waals surface area contributed by atoms with Gasteiger partial charge in [-0.2, -0.15) is 0 Å². The lowest BCUT2D eigenvalue weighted by Gasteiger charge is -2.29. The van der Waals surface area contributed by atoms with Crippen molar-refractivity contribution in [2.24, 2.45) is 0 Å². The van der Waals surface area contributed by atoms with Crippen LogP contribution < -0.4 is 5.32 Å². The summed E-state index contributed by atoms with van der Waals surface area (Å²) >= 11 is 0. The second-order valence-electron chi connectivity index (χ2n) is 6.06. The van der Waals surface area contributed by atoms with Crippen molar-refractivity contribution in [3.05, 3.63) is 35.4 Å². The Bertz CT molecular complexity index is 485. The molecule has 1 aliphatic heterocycles. The zero-order valence-electron chi connectivity index (χ0n) is 14.1. The van der Waals surface area contributed by atoms with Crippen LogP contribution >= 0.6 is 0 Å². The molecule has 0 bridgehead atoms. The van der Waals surface area contributed by atoms with E-state index in [4.69, 9.17) is 0 Å². The van der Waals surface area contributed by atoms with Crippen LogP contribution in [0.2, 0.25) is 0 Å². The maximum absolute atomic E-state index is 12.5. The predicted octanol–water partition coefficient (Wildman–Crippen LogP) is 3.01. The molecule has 1 atom stereocenters. The Morgan fingerprint density at radius 2 is 2.05 bits per heavy atom. The monoisotopic (exact) mass is 303 g/mol. The number of hydrogen-bond donors (Lipinski definition) is 1. The first kappa shape index (κ1) is 16.8. The highest BCUT2D eigenvalue weighted by Gasteiger charge is 2.29. The summed E-state index contributed by atoms with van der Waals surface area (Å²) in [6, 6.07) is 8.65. The van der Waals surface area contributed by atoms with E-state index >= 15 is 0 Å². The zero-order valence-corrected chi connectivity index (χ0v) is 14.1. The van der Waals surface area contributed by atoms with Gasteiger partial charge in [0.05, 0.1) is 0 Å². The van der Waals surface area contributed by atoms with Gasteiger partial charge in [0.2, 0.25) is 0 Å². The maximum atomic E-state index is 12.5. The number of nitrogens with one attached hydrogen (secondary N) is 1. The Kier molecular flexibility index (Phi) is 6.25. The third-order valence-electron chi connectivity index (χ3n) is 4.69. The standard InChI is InChI=1S/C18H29N3O/c1-4-20(5-2)14-17-11-8-12-21(17)18(22)19-13-16-10-7-6-9-15(16)3/h6-7,9-10,17H,4-5,8,11-14H2,1-3H3,(H,19,22). The Morgan fingerprint density at radius 3 is 2.73 bits per heavy atom. The number of urea groups is 1. The molecule has 1 aliphatic rings. The van der Waals surface area contributed by atoms with E-state index in [1.54, 1.807) is 0 Å². The van der Waals surface area contributed by atoms with Crippen LogP contribution in [0.5, 0.6) is 0 Å². The van der Waals surface area contributed by atoms with Gasteiger partial charge in [-0.3, -0.25) is 0 Å². The minimum atomic E-state index is 0.0814. The Hall–Kier alpha value is -1.55. The minimum Gasteiger partial charge on any atom is -0.334 e. The summed E-state index contributed by atoms with van der Waals surface area (Å²) in [4.78, 5) is 16.9. The maximum Gasteiger partial charge on any atom is 0.317 e. The largest absolute Gasteiger partial charge is 0.334 e. The molecule has 1 N–H and O–H groups in total. The molecule has 1 aromatic rings. The minimum absolute atomic E-state index is 0.0814. The first-order valence-electron chi connectivity index (χ1n) is 8.47. The van der Waals surface area contributed by atoms with Gasteiger partial charge < -0.3 is 15.1 Å². The summed E-state index contributed by atoms with van der Waals surface area (Å²) in [5.74, 6) is 0. The molecule has 22 heavy (non-hydrogen) atoms. The van der Waals surface area contributed by atoms with Crippen molar-refractivity contribution in [3.8, 4) is 0 Å². The number of benzene rings is 1. The predicted molar refractivity (Wildman–Crippen MR) is 90.9 cm³/mol. The molecule has 1 unspecified atom stereocenters. The van der Waals surface area contributed by atoms with Crippen LogP contribution in [0.4, 0.5) is 4.79 Å². The van der Waals surface area contributed by atoms with E-state index < -0.39 is 0 Å². The SMILES string of the molecule is CCN(CC)CC1CCCN1C(=O)NCc1ccccc1C. The average Bonchev–Trinajstić information content (AvgIpc) is 2.99. The van der Waals surface area contributed by atoms with Crippen LogP contribution in [0.3, 0.4) is 0 Å². The number of likely N-dealkylation sites (N-methyl/N-ethyl adjacent to an activating group) is 1. The van der Waals surface area contributed by atoms with Crippen LogP contribution in [0.1, 0.15) is 37.8 Å². The summed E-state index contributed by atoms with van der Waals surface area (Å²) < 4.78 is 0. The molecule has 1 fully saturated rings. The second kappa shape index (κ2) is 8.18. The van der Waals surface area contributed by atoms with Crippen LogP contribution in [-0.4, -0.2) is 48.1 Å². The number of rotatable bonds is 6. The van der Waals surface area contributed by atoms with E-state index in [0.717, 1.165) is 39.0 Å². The van der Waals surface area contributed by atoms with Crippen molar-refractivity contribution < 1.29 is 4.79 Å². The summed E-state index contributed by atoms with van der Waals surface area (Å²) in [7, 11) is 0. The fourth-order valence-corrected chi connectivity index (χ4v) is 3.15. The molecule has 0 radical (unpaired) electrons. The molecule has 2 amide bonds. The van der Waals surface area contributed by atoms with Gasteiger partial charge in [0.15, 0.2) is 0 Å². The van der Waals surface area contributed by atoms with Gasteiger partial charge in [-0.15, -0.1) is 0 Å². The molecule has 1 heterocycles. The molecule has 0 aliphatic carbocycles. The lowest BCUT2D eigenvalue weighted by molar-refractivity contribution is 0.170. The van der Waals surface area contributed by atoms with E-state index in [-0.39, 0.29) is 6.03 Å². The van der Waals surface area contributed by atoms with Gasteiger partial charge in [0, 0.05) is 25.7 Å². The smallest absolute Gasteiger partial charge is 0.317 e. The third kappa shape index (κ3) is 4.23. The van der Waals surface area contributed by atoms with Crippen molar-refractivity contribution in [2.45, 2.75) is 46.2 Å². The Labute approximate surface area is 134 Å². The molecule has 1 saturated heterocycles. The lowest BCUT2D eigenvalue weighted by Crippen LogP contribution is -2.47. The molecule has 4 nitrogen and oxygen atoms in total. The second-order valence-corrected chi connectivity index (χ2v) is 6.06. The van der Waals surface area contributed by atoms with Crippen molar-refractivity contribution in [1.29, 1.82) is 0 Å². The van der Waals surface area contributed by atoms with Crippen molar-refractivity contribution >= 4 is 6.03 Å². The van der Waals surface area contributed by atoms with Crippen molar-refractivity contribution in [2.75, 3.05) is 26.2 Å². The lowest BCUT2D eigenvalue weighted by atomic mass is 10.1. The average molecular weight is 303 g/mol. The van der Waals surface area contributed by atoms with Crippen molar-refractivity contribution in [1.82, 2.24) is 15.1 Å². The van der Waals surface area contributed by atoms with Gasteiger partial charge in [-0.05, 0) is 44.0 Å². The summed E-state index contributed by atoms with van der Waals surface area (Å²) in [6.45, 7) is 11.0. The molecule has 0 aromatic heterocycles. The van der Waals surface area contributed by atoms with Crippen molar-refractivity contribution in [3.63, 3.8) is 0 Å². The zero-order chi connectivity index (χ0) is 15.9. The van der Waals surface area contributed by atoms with E-state index in [1.165, 1.54) is 11.1 Å². The van der Waals surface area contributed by atoms with Gasteiger partial charge in [-0.25, -0.2) is 4.79 Å². The van der Waals surface area contributed by atoms with Gasteiger partial charge in [-0.1, -0.05) is 38.1 Å². The Balaban J connectivity index is 1.89. The molecule has 0 spiro atoms. The van der Waals surface area contributed by atoms with Gasteiger partial charge in [0.25, 0.3) is 0 Å². The number of aryl methyl sites for hydroxylation is 1. The van der Waals surface area contributed by atoms with Crippen LogP contribution in [0, 0.1) is 6.92 Å². The fourth-order valence-electron chi connectivity index (χ4n) is 3.15. The first-order chi connectivity index (χ1) is 10.7. The van der Waals surface area contributed by atoms with Gasteiger partial charge in [0.1, 0.15) is 0 Å². The normalized spacial score (nSPS) is 18.0. The van der Waals surface area contributed by atoms with E-state index in [2.05, 4.69) is 43.1 Å². The summed E-state index contributed by atoms with van der Waals surface area (Å²) in [6.07, 6.45) is 2.23. The van der Waals surface area contributed by atoms with Crippen LogP contribution in [-0.2, 0) is 6.54 Å². The highest BCUT2D eigenvalue weighted by Crippen LogP contribution is 2.18. The van der Waals surface area contributed by atoms with Crippen LogP contribution in [0.15, 0.2) is 24.3 Å². The number of carbonyl (C=O) groups excluding carboxylic acids is 1. The molecule has 1 aromatic carbocycles. The van der Waals surface area contributed by atoms with Gasteiger partial charge >= 0.3 is 6.03 Å². The topological polar surface area (TPSA) is 35.6 Å². The Morgan fingerprint density at radius 1 is 1.32 bits per heavy atom. The highest BCUT2D eigenvalue weighted by molar-refractivity contribution is 5.75. The molecule has 4 heteroatoms. The third-order valence-corrected chi connectivity index (χ3v) is 4.69. The first-order valence-corrected chi connectivity index (χ1v) is 8.47. The van der Waals surface area contributed by atoms with E-state index in [9.17, 15) is 4.79 Å². The molecule has 2 rings (SSSR count). The number of amides is 2. The number of nitrogens with zero attached hydrogens (tertiary/aromatic N) is 2. The fraction of sp³-hybridized carbons (Fsp3) is 0.611. The van der Waals surface area contributed by atoms with Crippen LogP contribution in [0.25, 0.3) is 0 Å². The number of carbonyl (C=O) groups is 1. The van der Waals surface area contributed by atoms with E-state index in [0.29, 0.717) is 12.6 Å². The highest BCUT2D eigenvalue weighted by atomic mass is 16.2.